The number of carbonyl (C=O) groups is 1. The number of rotatable bonds is 3. The largest absolute Gasteiger partial charge is 0.381 e. The van der Waals surface area contributed by atoms with E-state index < -0.39 is 0 Å². The van der Waals surface area contributed by atoms with Gasteiger partial charge in [-0.25, -0.2) is 0 Å². The Balaban J connectivity index is 1.83. The first-order chi connectivity index (χ1) is 9.29. The van der Waals surface area contributed by atoms with Crippen molar-refractivity contribution in [1.82, 2.24) is 4.98 Å². The van der Waals surface area contributed by atoms with E-state index in [9.17, 15) is 4.79 Å². The maximum atomic E-state index is 12.2. The highest BCUT2D eigenvalue weighted by Crippen LogP contribution is 2.31. The number of fused-ring (bicyclic) bond motifs is 1. The molecule has 1 fully saturated rings. The first kappa shape index (κ1) is 12.1. The maximum Gasteiger partial charge on any atom is 0.230 e. The van der Waals surface area contributed by atoms with Crippen LogP contribution >= 0.6 is 0 Å². The number of benzene rings is 1. The smallest absolute Gasteiger partial charge is 0.230 e. The minimum absolute atomic E-state index is 0.0243. The number of methoxy groups -OCH3 is 1. The predicted octanol–water partition coefficient (Wildman–Crippen LogP) is 2.60. The highest BCUT2D eigenvalue weighted by atomic mass is 16.5. The highest BCUT2D eigenvalue weighted by Gasteiger charge is 2.36. The molecule has 1 aromatic heterocycles. The molecule has 0 aliphatic heterocycles. The van der Waals surface area contributed by atoms with Crippen molar-refractivity contribution in [2.45, 2.75) is 18.9 Å². The third kappa shape index (κ3) is 2.19. The molecule has 2 atom stereocenters. The van der Waals surface area contributed by atoms with Crippen LogP contribution in [0.2, 0.25) is 0 Å². The number of hydrogen-bond acceptors (Lipinski definition) is 3. The van der Waals surface area contributed by atoms with Gasteiger partial charge in [-0.2, -0.15) is 0 Å². The van der Waals surface area contributed by atoms with Gasteiger partial charge in [0.2, 0.25) is 5.91 Å². The van der Waals surface area contributed by atoms with E-state index in [1.807, 2.05) is 30.3 Å². The molecule has 1 amide bonds. The zero-order chi connectivity index (χ0) is 13.2. The van der Waals surface area contributed by atoms with E-state index >= 15 is 0 Å². The summed E-state index contributed by atoms with van der Waals surface area (Å²) >= 11 is 0. The van der Waals surface area contributed by atoms with Gasteiger partial charge in [0.05, 0.1) is 23.2 Å². The fourth-order valence-corrected chi connectivity index (χ4v) is 2.48. The van der Waals surface area contributed by atoms with Gasteiger partial charge in [0.1, 0.15) is 0 Å². The Morgan fingerprint density at radius 3 is 2.89 bits per heavy atom. The lowest BCUT2D eigenvalue weighted by Crippen LogP contribution is -2.41. The summed E-state index contributed by atoms with van der Waals surface area (Å²) in [5.74, 6) is -0.0137. The molecule has 0 bridgehead atoms. The summed E-state index contributed by atoms with van der Waals surface area (Å²) in [5, 5.41) is 3.99. The van der Waals surface area contributed by atoms with Gasteiger partial charge in [0, 0.05) is 18.7 Å². The number of para-hydroxylation sites is 1. The van der Waals surface area contributed by atoms with Gasteiger partial charge in [0.25, 0.3) is 0 Å². The van der Waals surface area contributed by atoms with E-state index in [0.717, 1.165) is 29.4 Å². The van der Waals surface area contributed by atoms with Gasteiger partial charge in [0.15, 0.2) is 0 Å². The number of aromatic nitrogens is 1. The molecule has 1 aliphatic carbocycles. The lowest BCUT2D eigenvalue weighted by Gasteiger charge is -2.33. The third-order valence-corrected chi connectivity index (χ3v) is 3.74. The van der Waals surface area contributed by atoms with Crippen molar-refractivity contribution >= 4 is 22.5 Å². The average Bonchev–Trinajstić information content (AvgIpc) is 2.38. The molecule has 1 heterocycles. The molecule has 2 unspecified atom stereocenters. The molecule has 1 saturated carbocycles. The van der Waals surface area contributed by atoms with Crippen LogP contribution in [0.4, 0.5) is 5.69 Å². The van der Waals surface area contributed by atoms with E-state index in [2.05, 4.69) is 10.3 Å². The zero-order valence-electron chi connectivity index (χ0n) is 10.8. The van der Waals surface area contributed by atoms with Crippen molar-refractivity contribution in [2.24, 2.45) is 5.92 Å². The Labute approximate surface area is 111 Å². The summed E-state index contributed by atoms with van der Waals surface area (Å²) < 4.78 is 5.27. The van der Waals surface area contributed by atoms with Gasteiger partial charge in [-0.1, -0.05) is 18.2 Å². The zero-order valence-corrected chi connectivity index (χ0v) is 10.8. The Morgan fingerprint density at radius 1 is 1.32 bits per heavy atom. The minimum Gasteiger partial charge on any atom is -0.381 e. The number of hydrogen-bond donors (Lipinski definition) is 1. The first-order valence-corrected chi connectivity index (χ1v) is 6.47. The van der Waals surface area contributed by atoms with Crippen LogP contribution in [0.25, 0.3) is 10.9 Å². The molecule has 19 heavy (non-hydrogen) atoms. The molecular weight excluding hydrogens is 240 g/mol. The summed E-state index contributed by atoms with van der Waals surface area (Å²) in [7, 11) is 1.66. The van der Waals surface area contributed by atoms with Gasteiger partial charge in [-0.3, -0.25) is 9.78 Å². The lowest BCUT2D eigenvalue weighted by molar-refractivity contribution is -0.130. The van der Waals surface area contributed by atoms with E-state index in [-0.39, 0.29) is 17.9 Å². The van der Waals surface area contributed by atoms with Crippen LogP contribution in [0.15, 0.2) is 36.5 Å². The molecule has 0 spiro atoms. The maximum absolute atomic E-state index is 12.2. The molecule has 0 radical (unpaired) electrons. The van der Waals surface area contributed by atoms with Crippen molar-refractivity contribution in [3.8, 4) is 0 Å². The minimum atomic E-state index is -0.0380. The van der Waals surface area contributed by atoms with Crippen LogP contribution in [-0.2, 0) is 9.53 Å². The molecule has 1 aliphatic rings. The van der Waals surface area contributed by atoms with E-state index in [0.29, 0.717) is 0 Å². The van der Waals surface area contributed by atoms with E-state index in [4.69, 9.17) is 4.74 Å². The molecule has 1 aromatic carbocycles. The third-order valence-electron chi connectivity index (χ3n) is 3.74. The fourth-order valence-electron chi connectivity index (χ4n) is 2.48. The van der Waals surface area contributed by atoms with Crippen LogP contribution < -0.4 is 5.32 Å². The number of nitrogens with one attached hydrogen (secondary N) is 1. The molecule has 4 nitrogen and oxygen atoms in total. The number of ether oxygens (including phenoxy) is 1. The summed E-state index contributed by atoms with van der Waals surface area (Å²) in [6.07, 6.45) is 3.65. The quantitative estimate of drug-likeness (QED) is 0.918. The Bertz CT molecular complexity index is 605. The molecule has 0 saturated heterocycles. The normalized spacial score (nSPS) is 21.9. The standard InChI is InChI=1S/C15H16N2O2/c1-19-13-8-7-11(13)15(18)17-12-6-2-4-10-5-3-9-16-14(10)12/h2-6,9,11,13H,7-8H2,1H3,(H,17,18). The number of anilines is 1. The van der Waals surface area contributed by atoms with Gasteiger partial charge in [-0.05, 0) is 25.0 Å². The van der Waals surface area contributed by atoms with Crippen LogP contribution in [0.1, 0.15) is 12.8 Å². The molecule has 3 rings (SSSR count). The van der Waals surface area contributed by atoms with Crippen LogP contribution in [0, 0.1) is 5.92 Å². The molecule has 2 aromatic rings. The number of pyridine rings is 1. The van der Waals surface area contributed by atoms with Gasteiger partial charge < -0.3 is 10.1 Å². The van der Waals surface area contributed by atoms with E-state index in [1.54, 1.807) is 13.3 Å². The second-order valence-corrected chi connectivity index (χ2v) is 4.83. The van der Waals surface area contributed by atoms with Crippen molar-refractivity contribution in [2.75, 3.05) is 12.4 Å². The van der Waals surface area contributed by atoms with Gasteiger partial charge >= 0.3 is 0 Å². The molecule has 4 heteroatoms. The number of nitrogens with zero attached hydrogens (tertiary/aromatic N) is 1. The summed E-state index contributed by atoms with van der Waals surface area (Å²) in [5.41, 5.74) is 1.59. The topological polar surface area (TPSA) is 51.2 Å². The Hall–Kier alpha value is -1.94. The van der Waals surface area contributed by atoms with E-state index in [1.165, 1.54) is 0 Å². The van der Waals surface area contributed by atoms with Crippen molar-refractivity contribution < 1.29 is 9.53 Å². The predicted molar refractivity (Wildman–Crippen MR) is 73.9 cm³/mol. The summed E-state index contributed by atoms with van der Waals surface area (Å²) in [4.78, 5) is 16.5. The van der Waals surface area contributed by atoms with Crippen LogP contribution in [-0.4, -0.2) is 24.1 Å². The van der Waals surface area contributed by atoms with Crippen LogP contribution in [0.3, 0.4) is 0 Å². The lowest BCUT2D eigenvalue weighted by atomic mass is 9.81. The first-order valence-electron chi connectivity index (χ1n) is 6.47. The second-order valence-electron chi connectivity index (χ2n) is 4.83. The molecular formula is C15H16N2O2. The second kappa shape index (κ2) is 4.97. The molecule has 98 valence electrons. The summed E-state index contributed by atoms with van der Waals surface area (Å²) in [6.45, 7) is 0. The van der Waals surface area contributed by atoms with Crippen molar-refractivity contribution in [3.05, 3.63) is 36.5 Å². The average molecular weight is 256 g/mol. The van der Waals surface area contributed by atoms with Crippen molar-refractivity contribution in [1.29, 1.82) is 0 Å². The van der Waals surface area contributed by atoms with Gasteiger partial charge in [-0.15, -0.1) is 0 Å². The fraction of sp³-hybridized carbons (Fsp3) is 0.333. The summed E-state index contributed by atoms with van der Waals surface area (Å²) in [6, 6.07) is 9.67. The molecule has 1 N–H and O–H groups in total. The SMILES string of the molecule is COC1CCC1C(=O)Nc1cccc2cccnc12. The number of carbonyl (C=O) groups excluding carboxylic acids is 1. The monoisotopic (exact) mass is 256 g/mol. The Kier molecular flexibility index (Phi) is 3.17. The number of amides is 1. The highest BCUT2D eigenvalue weighted by molar-refractivity contribution is 6.01. The Morgan fingerprint density at radius 2 is 2.16 bits per heavy atom. The van der Waals surface area contributed by atoms with Crippen molar-refractivity contribution in [3.63, 3.8) is 0 Å². The van der Waals surface area contributed by atoms with Crippen LogP contribution in [0.5, 0.6) is 0 Å².